The number of rotatable bonds is 4. The van der Waals surface area contributed by atoms with Gasteiger partial charge in [-0.2, -0.15) is 5.10 Å². The smallest absolute Gasteiger partial charge is 0.146 e. The van der Waals surface area contributed by atoms with Crippen molar-refractivity contribution in [2.45, 2.75) is 58.0 Å². The number of nitrogens with zero attached hydrogens (tertiary/aromatic N) is 6. The maximum atomic E-state index is 4.61. The highest BCUT2D eigenvalue weighted by molar-refractivity contribution is 5.29. The summed E-state index contributed by atoms with van der Waals surface area (Å²) in [6.07, 6.45) is 4.99. The van der Waals surface area contributed by atoms with Gasteiger partial charge in [-0.15, -0.1) is 10.2 Å². The van der Waals surface area contributed by atoms with Crippen molar-refractivity contribution in [2.24, 2.45) is 14.1 Å². The highest BCUT2D eigenvalue weighted by Crippen LogP contribution is 2.39. The van der Waals surface area contributed by atoms with E-state index in [9.17, 15) is 0 Å². The van der Waals surface area contributed by atoms with Crippen LogP contribution in [0.1, 0.15) is 66.2 Å². The van der Waals surface area contributed by atoms with Gasteiger partial charge in [-0.25, -0.2) is 0 Å². The molecule has 0 N–H and O–H groups in total. The van der Waals surface area contributed by atoms with Crippen molar-refractivity contribution in [3.05, 3.63) is 28.6 Å². The molecule has 1 atom stereocenters. The molecule has 0 spiro atoms. The van der Waals surface area contributed by atoms with Crippen LogP contribution >= 0.6 is 0 Å². The maximum Gasteiger partial charge on any atom is 0.146 e. The Morgan fingerprint density at radius 2 is 1.87 bits per heavy atom. The number of aryl methyl sites for hydroxylation is 2. The fourth-order valence-electron chi connectivity index (χ4n) is 4.01. The molecule has 1 aliphatic carbocycles. The highest BCUT2D eigenvalue weighted by atomic mass is 15.3. The molecule has 1 saturated heterocycles. The molecule has 2 aromatic heterocycles. The predicted molar refractivity (Wildman–Crippen MR) is 88.0 cm³/mol. The minimum absolute atomic E-state index is 0.463. The molecule has 1 saturated carbocycles. The molecule has 2 fully saturated rings. The average molecular weight is 314 g/mol. The first-order chi connectivity index (χ1) is 11.1. The second kappa shape index (κ2) is 5.44. The number of hydrogen-bond donors (Lipinski definition) is 0. The topological polar surface area (TPSA) is 51.8 Å². The van der Waals surface area contributed by atoms with Gasteiger partial charge in [0, 0.05) is 37.3 Å². The van der Waals surface area contributed by atoms with Crippen LogP contribution in [0.25, 0.3) is 0 Å². The maximum absolute atomic E-state index is 4.61. The largest absolute Gasteiger partial charge is 0.317 e. The zero-order chi connectivity index (χ0) is 16.1. The molecule has 23 heavy (non-hydrogen) atoms. The normalized spacial score (nSPS) is 22.2. The third kappa shape index (κ3) is 2.49. The van der Waals surface area contributed by atoms with Gasteiger partial charge in [0.2, 0.25) is 0 Å². The summed E-state index contributed by atoms with van der Waals surface area (Å²) >= 11 is 0. The quantitative estimate of drug-likeness (QED) is 0.869. The van der Waals surface area contributed by atoms with Crippen LogP contribution in [0.3, 0.4) is 0 Å². The summed E-state index contributed by atoms with van der Waals surface area (Å²) in [5.41, 5.74) is 3.86. The lowest BCUT2D eigenvalue weighted by molar-refractivity contribution is 0.238. The molecule has 0 aromatic carbocycles. The van der Waals surface area contributed by atoms with E-state index in [0.717, 1.165) is 18.9 Å². The molecule has 6 nitrogen and oxygen atoms in total. The number of hydrogen-bond acceptors (Lipinski definition) is 4. The van der Waals surface area contributed by atoms with Crippen molar-refractivity contribution in [3.8, 4) is 0 Å². The molecular formula is C17H26N6. The molecule has 0 amide bonds. The van der Waals surface area contributed by atoms with Gasteiger partial charge in [0.1, 0.15) is 11.6 Å². The Balaban J connectivity index is 1.58. The molecule has 3 heterocycles. The zero-order valence-corrected chi connectivity index (χ0v) is 14.6. The van der Waals surface area contributed by atoms with Gasteiger partial charge >= 0.3 is 0 Å². The van der Waals surface area contributed by atoms with E-state index in [1.807, 2.05) is 11.7 Å². The summed E-state index contributed by atoms with van der Waals surface area (Å²) in [5, 5.41) is 13.5. The summed E-state index contributed by atoms with van der Waals surface area (Å²) in [5.74, 6) is 2.92. The minimum Gasteiger partial charge on any atom is -0.317 e. The van der Waals surface area contributed by atoms with E-state index >= 15 is 0 Å². The van der Waals surface area contributed by atoms with Gasteiger partial charge in [0.15, 0.2) is 0 Å². The molecule has 0 bridgehead atoms. The molecule has 0 unspecified atom stereocenters. The van der Waals surface area contributed by atoms with Crippen molar-refractivity contribution in [1.82, 2.24) is 29.4 Å². The first-order valence-electron chi connectivity index (χ1n) is 8.68. The van der Waals surface area contributed by atoms with E-state index in [2.05, 4.69) is 45.7 Å². The van der Waals surface area contributed by atoms with Crippen molar-refractivity contribution in [2.75, 3.05) is 6.54 Å². The fraction of sp³-hybridized carbons (Fsp3) is 0.706. The number of likely N-dealkylation sites (tertiary alicyclic amines) is 1. The van der Waals surface area contributed by atoms with Gasteiger partial charge in [0.05, 0.1) is 12.2 Å². The summed E-state index contributed by atoms with van der Waals surface area (Å²) in [4.78, 5) is 2.55. The lowest BCUT2D eigenvalue weighted by Gasteiger charge is -2.24. The van der Waals surface area contributed by atoms with Gasteiger partial charge in [-0.1, -0.05) is 0 Å². The molecule has 4 rings (SSSR count). The molecule has 0 radical (unpaired) electrons. The van der Waals surface area contributed by atoms with Crippen molar-refractivity contribution in [1.29, 1.82) is 0 Å². The van der Waals surface area contributed by atoms with Crippen LogP contribution in [-0.4, -0.2) is 36.0 Å². The lowest BCUT2D eigenvalue weighted by Crippen LogP contribution is -2.25. The summed E-state index contributed by atoms with van der Waals surface area (Å²) in [6, 6.07) is 0.463. The standard InChI is InChI=1S/C17H26N6/c1-11-16(12(2)22(4)20-11)14-6-5-9-23(14)10-15-18-19-17(21(15)3)13-7-8-13/h13-14H,5-10H2,1-4H3/t14-/m1/s1. The summed E-state index contributed by atoms with van der Waals surface area (Å²) in [7, 11) is 4.16. The summed E-state index contributed by atoms with van der Waals surface area (Å²) in [6.45, 7) is 6.32. The van der Waals surface area contributed by atoms with E-state index in [1.54, 1.807) is 0 Å². The molecular weight excluding hydrogens is 288 g/mol. The Morgan fingerprint density at radius 1 is 1.09 bits per heavy atom. The highest BCUT2D eigenvalue weighted by Gasteiger charge is 2.33. The Labute approximate surface area is 137 Å². The van der Waals surface area contributed by atoms with E-state index in [0.29, 0.717) is 12.0 Å². The lowest BCUT2D eigenvalue weighted by atomic mass is 10.0. The van der Waals surface area contributed by atoms with E-state index in [-0.39, 0.29) is 0 Å². The van der Waals surface area contributed by atoms with Crippen LogP contribution in [0.5, 0.6) is 0 Å². The van der Waals surface area contributed by atoms with Crippen LogP contribution < -0.4 is 0 Å². The van der Waals surface area contributed by atoms with Gasteiger partial charge in [-0.3, -0.25) is 9.58 Å². The first kappa shape index (κ1) is 14.9. The SMILES string of the molecule is Cc1nn(C)c(C)c1[C@H]1CCCN1Cc1nnc(C2CC2)n1C. The molecule has 6 heteroatoms. The van der Waals surface area contributed by atoms with Gasteiger partial charge < -0.3 is 4.57 Å². The van der Waals surface area contributed by atoms with Crippen LogP contribution in [0.15, 0.2) is 0 Å². The molecule has 2 aromatic rings. The third-order valence-corrected chi connectivity index (χ3v) is 5.55. The first-order valence-corrected chi connectivity index (χ1v) is 8.68. The Bertz CT molecular complexity index is 724. The van der Waals surface area contributed by atoms with Crippen LogP contribution in [0, 0.1) is 13.8 Å². The van der Waals surface area contributed by atoms with Crippen molar-refractivity contribution < 1.29 is 0 Å². The van der Waals surface area contributed by atoms with E-state index in [4.69, 9.17) is 0 Å². The van der Waals surface area contributed by atoms with Gasteiger partial charge in [-0.05, 0) is 46.1 Å². The molecule has 1 aliphatic heterocycles. The van der Waals surface area contributed by atoms with Gasteiger partial charge in [0.25, 0.3) is 0 Å². The van der Waals surface area contributed by atoms with Crippen LogP contribution in [0.2, 0.25) is 0 Å². The predicted octanol–water partition coefficient (Wildman–Crippen LogP) is 2.38. The van der Waals surface area contributed by atoms with E-state index < -0.39 is 0 Å². The van der Waals surface area contributed by atoms with Crippen molar-refractivity contribution >= 4 is 0 Å². The second-order valence-corrected chi connectivity index (χ2v) is 7.14. The monoisotopic (exact) mass is 314 g/mol. The average Bonchev–Trinajstić information content (AvgIpc) is 3.08. The Morgan fingerprint density at radius 3 is 2.52 bits per heavy atom. The fourth-order valence-corrected chi connectivity index (χ4v) is 4.01. The molecule has 2 aliphatic rings. The van der Waals surface area contributed by atoms with Crippen molar-refractivity contribution in [3.63, 3.8) is 0 Å². The Hall–Kier alpha value is -1.69. The number of aromatic nitrogens is 5. The zero-order valence-electron chi connectivity index (χ0n) is 14.6. The summed E-state index contributed by atoms with van der Waals surface area (Å²) < 4.78 is 4.23. The second-order valence-electron chi connectivity index (χ2n) is 7.14. The van der Waals surface area contributed by atoms with Crippen LogP contribution in [0.4, 0.5) is 0 Å². The third-order valence-electron chi connectivity index (χ3n) is 5.55. The minimum atomic E-state index is 0.463. The van der Waals surface area contributed by atoms with Crippen LogP contribution in [-0.2, 0) is 20.6 Å². The molecule has 124 valence electrons. The Kier molecular flexibility index (Phi) is 3.52. The van der Waals surface area contributed by atoms with E-state index in [1.165, 1.54) is 48.5 Å².